The number of rotatable bonds is 2. The van der Waals surface area contributed by atoms with Gasteiger partial charge in [-0.1, -0.05) is 77.9 Å². The van der Waals surface area contributed by atoms with Gasteiger partial charge in [-0.15, -0.1) is 0 Å². The van der Waals surface area contributed by atoms with Gasteiger partial charge >= 0.3 is 0 Å². The van der Waals surface area contributed by atoms with E-state index in [9.17, 15) is 0 Å². The predicted octanol–water partition coefficient (Wildman–Crippen LogP) is 5.85. The van der Waals surface area contributed by atoms with Crippen LogP contribution in [0.3, 0.4) is 0 Å². The van der Waals surface area contributed by atoms with Gasteiger partial charge in [0.05, 0.1) is 11.4 Å². The summed E-state index contributed by atoms with van der Waals surface area (Å²) in [5.74, 6) is 0. The van der Waals surface area contributed by atoms with Crippen molar-refractivity contribution in [3.05, 3.63) is 59.7 Å². The smallest absolute Gasteiger partial charge is 0.0674 e. The van der Waals surface area contributed by atoms with E-state index in [0.717, 1.165) is 11.4 Å². The quantitative estimate of drug-likeness (QED) is 0.655. The van der Waals surface area contributed by atoms with Crippen molar-refractivity contribution in [2.24, 2.45) is 0 Å². The van der Waals surface area contributed by atoms with E-state index in [4.69, 9.17) is 5.32 Å². The lowest BCUT2D eigenvalue weighted by molar-refractivity contribution is 0.583. The van der Waals surface area contributed by atoms with Crippen molar-refractivity contribution < 1.29 is 0 Å². The first-order chi connectivity index (χ1) is 9.69. The van der Waals surface area contributed by atoms with Crippen LogP contribution in [0.25, 0.3) is 0 Å². The average molecular weight is 280 g/mol. The summed E-state index contributed by atoms with van der Waals surface area (Å²) in [7, 11) is 0. The molecule has 0 N–H and O–H groups in total. The predicted molar refractivity (Wildman–Crippen MR) is 91.7 cm³/mol. The fourth-order valence-electron chi connectivity index (χ4n) is 2.54. The Morgan fingerprint density at radius 2 is 0.905 bits per heavy atom. The molecule has 0 atom stereocenters. The second-order valence-corrected chi connectivity index (χ2v) is 7.65. The topological polar surface area (TPSA) is 14.1 Å². The van der Waals surface area contributed by atoms with Crippen LogP contribution >= 0.6 is 0 Å². The fourth-order valence-corrected chi connectivity index (χ4v) is 2.54. The zero-order valence-electron chi connectivity index (χ0n) is 14.1. The molecule has 0 unspecified atom stereocenters. The minimum Gasteiger partial charge on any atom is -0.248 e. The molecule has 0 saturated carbocycles. The Morgan fingerprint density at radius 1 is 0.571 bits per heavy atom. The van der Waals surface area contributed by atoms with Gasteiger partial charge in [0.25, 0.3) is 0 Å². The van der Waals surface area contributed by atoms with Crippen LogP contribution in [0, 0.1) is 0 Å². The Bertz CT molecular complexity index is 557. The van der Waals surface area contributed by atoms with E-state index < -0.39 is 0 Å². The third kappa shape index (κ3) is 3.66. The van der Waals surface area contributed by atoms with E-state index in [-0.39, 0.29) is 10.8 Å². The highest BCUT2D eigenvalue weighted by Gasteiger charge is 2.21. The van der Waals surface area contributed by atoms with Gasteiger partial charge in [-0.2, -0.15) is 0 Å². The first kappa shape index (κ1) is 15.6. The number of hydrogen-bond donors (Lipinski definition) is 0. The second-order valence-electron chi connectivity index (χ2n) is 7.65. The van der Waals surface area contributed by atoms with E-state index in [1.165, 1.54) is 11.1 Å². The minimum absolute atomic E-state index is 0.0940. The van der Waals surface area contributed by atoms with Gasteiger partial charge in [0.2, 0.25) is 0 Å². The van der Waals surface area contributed by atoms with E-state index in [1.807, 2.05) is 0 Å². The molecule has 1 heteroatoms. The van der Waals surface area contributed by atoms with Gasteiger partial charge in [0.1, 0.15) is 0 Å². The third-order valence-electron chi connectivity index (χ3n) is 3.67. The van der Waals surface area contributed by atoms with Crippen LogP contribution in [0.15, 0.2) is 48.5 Å². The maximum absolute atomic E-state index is 4.97. The van der Waals surface area contributed by atoms with Crippen molar-refractivity contribution in [2.75, 3.05) is 0 Å². The lowest BCUT2D eigenvalue weighted by atomic mass is 9.84. The Labute approximate surface area is 129 Å². The molecule has 2 aromatic rings. The molecule has 0 aliphatic carbocycles. The van der Waals surface area contributed by atoms with Crippen LogP contribution in [-0.2, 0) is 10.8 Å². The summed E-state index contributed by atoms with van der Waals surface area (Å²) >= 11 is 0. The van der Waals surface area contributed by atoms with Gasteiger partial charge in [0.15, 0.2) is 0 Å². The molecule has 1 nitrogen and oxygen atoms in total. The zero-order valence-corrected chi connectivity index (χ0v) is 14.1. The molecule has 2 aromatic carbocycles. The molecule has 0 aliphatic rings. The summed E-state index contributed by atoms with van der Waals surface area (Å²) < 4.78 is 0. The van der Waals surface area contributed by atoms with Crippen LogP contribution in [0.2, 0.25) is 0 Å². The van der Waals surface area contributed by atoms with Crippen molar-refractivity contribution in [1.29, 1.82) is 0 Å². The molecule has 1 radical (unpaired) electrons. The minimum atomic E-state index is 0.0940. The van der Waals surface area contributed by atoms with Crippen LogP contribution < -0.4 is 5.32 Å². The largest absolute Gasteiger partial charge is 0.248 e. The Hall–Kier alpha value is -1.76. The highest BCUT2D eigenvalue weighted by Crippen LogP contribution is 2.35. The molecule has 0 amide bonds. The molecule has 0 bridgehead atoms. The fraction of sp³-hybridized carbons (Fsp3) is 0.400. The highest BCUT2D eigenvalue weighted by molar-refractivity contribution is 5.59. The molecular formula is C20H26N. The second kappa shape index (κ2) is 5.55. The maximum atomic E-state index is 4.97. The standard InChI is InChI=1S/C20H26N/c1-19(2,3)15-11-7-9-13-17(15)21-18-14-10-8-12-16(18)20(4,5)6/h7-14H,1-6H3. The number of nitrogens with zero attached hydrogens (tertiary/aromatic N) is 1. The number of benzene rings is 2. The molecule has 21 heavy (non-hydrogen) atoms. The lowest BCUT2D eigenvalue weighted by Gasteiger charge is -2.25. The first-order valence-corrected chi connectivity index (χ1v) is 7.60. The lowest BCUT2D eigenvalue weighted by Crippen LogP contribution is -2.16. The van der Waals surface area contributed by atoms with Crippen LogP contribution in [-0.4, -0.2) is 0 Å². The Kier molecular flexibility index (Phi) is 4.13. The van der Waals surface area contributed by atoms with Gasteiger partial charge in [0, 0.05) is 0 Å². The number of para-hydroxylation sites is 2. The molecule has 0 aromatic heterocycles. The summed E-state index contributed by atoms with van der Waals surface area (Å²) in [4.78, 5) is 0. The van der Waals surface area contributed by atoms with Gasteiger partial charge in [-0.25, -0.2) is 5.32 Å². The molecule has 0 saturated heterocycles. The average Bonchev–Trinajstić information content (AvgIpc) is 2.37. The van der Waals surface area contributed by atoms with Crippen LogP contribution in [0.4, 0.5) is 11.4 Å². The third-order valence-corrected chi connectivity index (χ3v) is 3.67. The maximum Gasteiger partial charge on any atom is 0.0674 e. The highest BCUT2D eigenvalue weighted by atomic mass is 14.9. The van der Waals surface area contributed by atoms with Crippen molar-refractivity contribution in [1.82, 2.24) is 5.32 Å². The molecular weight excluding hydrogens is 254 g/mol. The zero-order chi connectivity index (χ0) is 15.7. The monoisotopic (exact) mass is 280 g/mol. The van der Waals surface area contributed by atoms with Crippen LogP contribution in [0.1, 0.15) is 52.7 Å². The van der Waals surface area contributed by atoms with E-state index in [0.29, 0.717) is 0 Å². The summed E-state index contributed by atoms with van der Waals surface area (Å²) in [6, 6.07) is 16.9. The molecule has 0 heterocycles. The van der Waals surface area contributed by atoms with Gasteiger partial charge in [-0.05, 0) is 34.1 Å². The first-order valence-electron chi connectivity index (χ1n) is 7.60. The van der Waals surface area contributed by atoms with Gasteiger partial charge in [-0.3, -0.25) is 0 Å². The molecule has 2 rings (SSSR count). The normalized spacial score (nSPS) is 12.3. The molecule has 0 fully saturated rings. The van der Waals surface area contributed by atoms with Crippen LogP contribution in [0.5, 0.6) is 0 Å². The molecule has 111 valence electrons. The Morgan fingerprint density at radius 3 is 1.24 bits per heavy atom. The summed E-state index contributed by atoms with van der Waals surface area (Å²) in [5, 5.41) is 4.97. The summed E-state index contributed by atoms with van der Waals surface area (Å²) in [6.07, 6.45) is 0. The molecule has 0 spiro atoms. The summed E-state index contributed by atoms with van der Waals surface area (Å²) in [6.45, 7) is 13.4. The van der Waals surface area contributed by atoms with Crippen molar-refractivity contribution in [3.63, 3.8) is 0 Å². The SMILES string of the molecule is CC(C)(C)c1ccccc1[N]c1ccccc1C(C)(C)C. The van der Waals surface area contributed by atoms with Crippen molar-refractivity contribution >= 4 is 11.4 Å². The van der Waals surface area contributed by atoms with E-state index >= 15 is 0 Å². The number of hydrogen-bond acceptors (Lipinski definition) is 0. The van der Waals surface area contributed by atoms with Crippen molar-refractivity contribution in [3.8, 4) is 0 Å². The molecule has 0 aliphatic heterocycles. The van der Waals surface area contributed by atoms with E-state index in [1.54, 1.807) is 0 Å². The Balaban J connectivity index is 2.45. The van der Waals surface area contributed by atoms with Gasteiger partial charge < -0.3 is 0 Å². The summed E-state index contributed by atoms with van der Waals surface area (Å²) in [5.41, 5.74) is 4.90. The van der Waals surface area contributed by atoms with E-state index in [2.05, 4.69) is 90.1 Å². The van der Waals surface area contributed by atoms with Crippen molar-refractivity contribution in [2.45, 2.75) is 52.4 Å².